The summed E-state index contributed by atoms with van der Waals surface area (Å²) in [6.07, 6.45) is 2.66. The van der Waals surface area contributed by atoms with Gasteiger partial charge >= 0.3 is 0 Å². The molecule has 0 radical (unpaired) electrons. The molecule has 1 aromatic carbocycles. The van der Waals surface area contributed by atoms with E-state index in [0.717, 1.165) is 24.3 Å². The first-order chi connectivity index (χ1) is 8.58. The van der Waals surface area contributed by atoms with Crippen LogP contribution in [0.1, 0.15) is 32.3 Å². The molecule has 0 unspecified atom stereocenters. The molecule has 1 heterocycles. The second-order valence-corrected chi connectivity index (χ2v) is 5.29. The van der Waals surface area contributed by atoms with Crippen LogP contribution in [0, 0.1) is 5.92 Å². The molecular weight excluding hydrogens is 226 g/mol. The van der Waals surface area contributed by atoms with E-state index >= 15 is 0 Å². The Kier molecular flexibility index (Phi) is 3.90. The molecule has 0 saturated carbocycles. The van der Waals surface area contributed by atoms with E-state index < -0.39 is 0 Å². The molecule has 98 valence electrons. The number of rotatable bonds is 3. The van der Waals surface area contributed by atoms with Crippen LogP contribution in [0.2, 0.25) is 0 Å². The number of carbonyl (C=O) groups is 1. The van der Waals surface area contributed by atoms with Gasteiger partial charge in [0, 0.05) is 7.05 Å². The molecule has 1 aliphatic heterocycles. The first kappa shape index (κ1) is 12.9. The number of nitrogens with zero attached hydrogens (tertiary/aromatic N) is 1. The molecule has 1 amide bonds. The van der Waals surface area contributed by atoms with Crippen LogP contribution in [0.3, 0.4) is 0 Å². The van der Waals surface area contributed by atoms with Crippen LogP contribution in [-0.2, 0) is 11.2 Å². The molecule has 2 rings (SSSR count). The molecule has 1 aliphatic rings. The lowest BCUT2D eigenvalue weighted by atomic mass is 10.0. The second kappa shape index (κ2) is 5.42. The van der Waals surface area contributed by atoms with Crippen LogP contribution < -0.4 is 9.64 Å². The number of ether oxygens (including phenoxy) is 1. The van der Waals surface area contributed by atoms with E-state index in [4.69, 9.17) is 4.74 Å². The van der Waals surface area contributed by atoms with Crippen LogP contribution in [-0.4, -0.2) is 19.6 Å². The summed E-state index contributed by atoms with van der Waals surface area (Å²) in [5, 5.41) is 0. The molecule has 0 N–H and O–H groups in total. The molecule has 1 aromatic rings. The number of hydrogen-bond donors (Lipinski definition) is 0. The van der Waals surface area contributed by atoms with E-state index in [2.05, 4.69) is 26.0 Å². The van der Waals surface area contributed by atoms with Crippen LogP contribution in [0.5, 0.6) is 5.75 Å². The maximum atomic E-state index is 11.8. The van der Waals surface area contributed by atoms with Crippen LogP contribution in [0.15, 0.2) is 18.2 Å². The third-order valence-electron chi connectivity index (χ3n) is 3.34. The minimum absolute atomic E-state index is 0.120. The van der Waals surface area contributed by atoms with Gasteiger partial charge in [-0.3, -0.25) is 4.79 Å². The van der Waals surface area contributed by atoms with E-state index in [1.807, 2.05) is 13.1 Å². The van der Waals surface area contributed by atoms with E-state index in [1.165, 1.54) is 5.56 Å². The zero-order chi connectivity index (χ0) is 13.1. The van der Waals surface area contributed by atoms with Gasteiger partial charge in [-0.2, -0.15) is 0 Å². The van der Waals surface area contributed by atoms with Gasteiger partial charge in [0.1, 0.15) is 5.75 Å². The summed E-state index contributed by atoms with van der Waals surface area (Å²) in [5.74, 6) is 1.63. The molecule has 3 heteroatoms. The van der Waals surface area contributed by atoms with Gasteiger partial charge in [-0.25, -0.2) is 0 Å². The summed E-state index contributed by atoms with van der Waals surface area (Å²) < 4.78 is 5.61. The van der Waals surface area contributed by atoms with Crippen molar-refractivity contribution in [2.75, 3.05) is 18.6 Å². The summed E-state index contributed by atoms with van der Waals surface area (Å²) in [7, 11) is 1.82. The Balaban J connectivity index is 2.23. The summed E-state index contributed by atoms with van der Waals surface area (Å²) in [5.41, 5.74) is 2.17. The maximum absolute atomic E-state index is 11.8. The van der Waals surface area contributed by atoms with E-state index in [9.17, 15) is 4.79 Å². The number of carbonyl (C=O) groups excluding carboxylic acids is 1. The second-order valence-electron chi connectivity index (χ2n) is 5.29. The third kappa shape index (κ3) is 2.84. The smallest absolute Gasteiger partial charge is 0.230 e. The largest absolute Gasteiger partial charge is 0.491 e. The van der Waals surface area contributed by atoms with Crippen molar-refractivity contribution < 1.29 is 9.53 Å². The third-order valence-corrected chi connectivity index (χ3v) is 3.34. The standard InChI is InChI=1S/C15H21NO2/c1-11(2)4-5-12-6-7-14-13(10-12)16(3)15(17)8-9-18-14/h6-7,10-11H,4-5,8-9H2,1-3H3. The Bertz CT molecular complexity index is 440. The fraction of sp³-hybridized carbons (Fsp3) is 0.533. The number of aryl methyl sites for hydroxylation is 1. The minimum Gasteiger partial charge on any atom is -0.491 e. The van der Waals surface area contributed by atoms with Crippen molar-refractivity contribution in [2.24, 2.45) is 5.92 Å². The fourth-order valence-electron chi connectivity index (χ4n) is 2.11. The van der Waals surface area contributed by atoms with E-state index in [0.29, 0.717) is 18.9 Å². The molecule has 18 heavy (non-hydrogen) atoms. The van der Waals surface area contributed by atoms with E-state index in [1.54, 1.807) is 4.90 Å². The van der Waals surface area contributed by atoms with Gasteiger partial charge in [-0.05, 0) is 36.5 Å². The highest BCUT2D eigenvalue weighted by Gasteiger charge is 2.19. The quantitative estimate of drug-likeness (QED) is 0.821. The highest BCUT2D eigenvalue weighted by molar-refractivity contribution is 5.95. The molecule has 0 bridgehead atoms. The van der Waals surface area contributed by atoms with Crippen molar-refractivity contribution in [3.05, 3.63) is 23.8 Å². The van der Waals surface area contributed by atoms with Crippen molar-refractivity contribution in [2.45, 2.75) is 33.1 Å². The molecule has 0 spiro atoms. The van der Waals surface area contributed by atoms with Gasteiger partial charge in [0.15, 0.2) is 0 Å². The molecule has 0 saturated heterocycles. The first-order valence-corrected chi connectivity index (χ1v) is 6.60. The minimum atomic E-state index is 0.120. The van der Waals surface area contributed by atoms with Gasteiger partial charge in [0.25, 0.3) is 0 Å². The molecule has 3 nitrogen and oxygen atoms in total. The van der Waals surface area contributed by atoms with Crippen molar-refractivity contribution in [1.29, 1.82) is 0 Å². The topological polar surface area (TPSA) is 29.5 Å². The van der Waals surface area contributed by atoms with Gasteiger partial charge in [0.2, 0.25) is 5.91 Å². The summed E-state index contributed by atoms with van der Waals surface area (Å²) in [4.78, 5) is 13.5. The first-order valence-electron chi connectivity index (χ1n) is 6.60. The fourth-order valence-corrected chi connectivity index (χ4v) is 2.11. The highest BCUT2D eigenvalue weighted by Crippen LogP contribution is 2.32. The Morgan fingerprint density at radius 2 is 2.17 bits per heavy atom. The van der Waals surface area contributed by atoms with Gasteiger partial charge in [-0.15, -0.1) is 0 Å². The van der Waals surface area contributed by atoms with Gasteiger partial charge in [-0.1, -0.05) is 19.9 Å². The zero-order valence-corrected chi connectivity index (χ0v) is 11.4. The summed E-state index contributed by atoms with van der Waals surface area (Å²) in [6, 6.07) is 6.17. The zero-order valence-electron chi connectivity index (χ0n) is 11.4. The van der Waals surface area contributed by atoms with Crippen molar-refractivity contribution in [1.82, 2.24) is 0 Å². The van der Waals surface area contributed by atoms with E-state index in [-0.39, 0.29) is 5.91 Å². The average molecular weight is 247 g/mol. The average Bonchev–Trinajstić information content (AvgIpc) is 2.48. The SMILES string of the molecule is CC(C)CCc1ccc2c(c1)N(C)C(=O)CCO2. The van der Waals surface area contributed by atoms with Crippen LogP contribution in [0.25, 0.3) is 0 Å². The van der Waals surface area contributed by atoms with Crippen LogP contribution in [0.4, 0.5) is 5.69 Å². The molecule has 0 fully saturated rings. The molecule has 0 atom stereocenters. The Hall–Kier alpha value is -1.51. The highest BCUT2D eigenvalue weighted by atomic mass is 16.5. The van der Waals surface area contributed by atoms with Crippen molar-refractivity contribution in [3.63, 3.8) is 0 Å². The normalized spacial score (nSPS) is 15.3. The molecule has 0 aromatic heterocycles. The van der Waals surface area contributed by atoms with Gasteiger partial charge in [0.05, 0.1) is 18.7 Å². The number of amides is 1. The Labute approximate surface area is 109 Å². The lowest BCUT2D eigenvalue weighted by Gasteiger charge is -2.17. The van der Waals surface area contributed by atoms with Crippen LogP contribution >= 0.6 is 0 Å². The Morgan fingerprint density at radius 1 is 1.39 bits per heavy atom. The predicted octanol–water partition coefficient (Wildman–Crippen LogP) is 3.02. The summed E-state index contributed by atoms with van der Waals surface area (Å²) in [6.45, 7) is 4.92. The summed E-state index contributed by atoms with van der Waals surface area (Å²) >= 11 is 0. The molecular formula is C15H21NO2. The molecule has 0 aliphatic carbocycles. The Morgan fingerprint density at radius 3 is 2.89 bits per heavy atom. The lowest BCUT2D eigenvalue weighted by Crippen LogP contribution is -2.25. The number of benzene rings is 1. The number of hydrogen-bond acceptors (Lipinski definition) is 2. The number of anilines is 1. The predicted molar refractivity (Wildman–Crippen MR) is 73.1 cm³/mol. The van der Waals surface area contributed by atoms with Crippen molar-refractivity contribution in [3.8, 4) is 5.75 Å². The lowest BCUT2D eigenvalue weighted by molar-refractivity contribution is -0.118. The maximum Gasteiger partial charge on any atom is 0.230 e. The number of fused-ring (bicyclic) bond motifs is 1. The van der Waals surface area contributed by atoms with Gasteiger partial charge < -0.3 is 9.64 Å². The van der Waals surface area contributed by atoms with Crippen molar-refractivity contribution >= 4 is 11.6 Å². The monoisotopic (exact) mass is 247 g/mol.